The fourth-order valence-electron chi connectivity index (χ4n) is 1.41. The standard InChI is InChI=1S/C12H11F3N4OS/c1-6(16)9-5-21-11(18-9)19-10(20)8-3-2-7(4-17-8)12(13,14)15/h2-6H,16H2,1H3,(H,18,19,20). The summed E-state index contributed by atoms with van der Waals surface area (Å²) in [4.78, 5) is 19.4. The number of hydrogen-bond donors (Lipinski definition) is 2. The first kappa shape index (κ1) is 15.4. The molecule has 0 aromatic carbocycles. The van der Waals surface area contributed by atoms with E-state index in [-0.39, 0.29) is 11.7 Å². The van der Waals surface area contributed by atoms with Crippen molar-refractivity contribution in [1.29, 1.82) is 0 Å². The Morgan fingerprint density at radius 3 is 2.62 bits per heavy atom. The Bertz CT molecular complexity index is 637. The molecule has 1 amide bonds. The molecule has 3 N–H and O–H groups in total. The second-order valence-electron chi connectivity index (χ2n) is 4.25. The third-order valence-corrected chi connectivity index (χ3v) is 3.31. The van der Waals surface area contributed by atoms with Crippen LogP contribution in [0.5, 0.6) is 0 Å². The molecular formula is C12H11F3N4OS. The number of anilines is 1. The van der Waals surface area contributed by atoms with Crippen LogP contribution in [0.4, 0.5) is 18.3 Å². The van der Waals surface area contributed by atoms with Crippen molar-refractivity contribution in [1.82, 2.24) is 9.97 Å². The van der Waals surface area contributed by atoms with Gasteiger partial charge in [-0.3, -0.25) is 15.1 Å². The van der Waals surface area contributed by atoms with E-state index in [1.165, 1.54) is 11.3 Å². The highest BCUT2D eigenvalue weighted by Crippen LogP contribution is 2.28. The Morgan fingerprint density at radius 2 is 2.14 bits per heavy atom. The number of hydrogen-bond acceptors (Lipinski definition) is 5. The van der Waals surface area contributed by atoms with Crippen molar-refractivity contribution in [3.8, 4) is 0 Å². The highest BCUT2D eigenvalue weighted by molar-refractivity contribution is 7.14. The summed E-state index contributed by atoms with van der Waals surface area (Å²) in [5.41, 5.74) is 5.23. The molecule has 0 spiro atoms. The van der Waals surface area contributed by atoms with Crippen LogP contribution >= 0.6 is 11.3 Å². The van der Waals surface area contributed by atoms with Gasteiger partial charge in [0.1, 0.15) is 5.69 Å². The molecule has 2 rings (SSSR count). The van der Waals surface area contributed by atoms with Crippen molar-refractivity contribution >= 4 is 22.4 Å². The minimum atomic E-state index is -4.48. The van der Waals surface area contributed by atoms with Crippen LogP contribution in [0.1, 0.15) is 34.7 Å². The van der Waals surface area contributed by atoms with E-state index in [0.29, 0.717) is 17.0 Å². The zero-order chi connectivity index (χ0) is 15.6. The number of carbonyl (C=O) groups excluding carboxylic acids is 1. The van der Waals surface area contributed by atoms with Gasteiger partial charge in [0, 0.05) is 17.6 Å². The molecule has 0 fully saturated rings. The summed E-state index contributed by atoms with van der Waals surface area (Å²) in [5.74, 6) is -0.630. The van der Waals surface area contributed by atoms with E-state index >= 15 is 0 Å². The molecule has 2 heterocycles. The van der Waals surface area contributed by atoms with Gasteiger partial charge in [0.05, 0.1) is 11.3 Å². The molecule has 1 unspecified atom stereocenters. The topological polar surface area (TPSA) is 80.9 Å². The quantitative estimate of drug-likeness (QED) is 0.912. The molecule has 2 aromatic rings. The number of rotatable bonds is 3. The van der Waals surface area contributed by atoms with E-state index in [9.17, 15) is 18.0 Å². The SMILES string of the molecule is CC(N)c1csc(NC(=O)c2ccc(C(F)(F)F)cn2)n1. The molecule has 112 valence electrons. The van der Waals surface area contributed by atoms with E-state index in [2.05, 4.69) is 15.3 Å². The predicted molar refractivity (Wildman–Crippen MR) is 71.9 cm³/mol. The highest BCUT2D eigenvalue weighted by atomic mass is 32.1. The fourth-order valence-corrected chi connectivity index (χ4v) is 2.22. The Morgan fingerprint density at radius 1 is 1.43 bits per heavy atom. The number of nitrogens with two attached hydrogens (primary N) is 1. The van der Waals surface area contributed by atoms with Crippen LogP contribution in [-0.2, 0) is 6.18 Å². The van der Waals surface area contributed by atoms with Crippen LogP contribution in [0, 0.1) is 0 Å². The van der Waals surface area contributed by atoms with Gasteiger partial charge in [0.2, 0.25) is 0 Å². The van der Waals surface area contributed by atoms with Crippen molar-refractivity contribution in [3.05, 3.63) is 40.7 Å². The highest BCUT2D eigenvalue weighted by Gasteiger charge is 2.30. The summed E-state index contributed by atoms with van der Waals surface area (Å²) in [6, 6.07) is 1.55. The lowest BCUT2D eigenvalue weighted by Gasteiger charge is -2.06. The molecule has 2 aromatic heterocycles. The first-order valence-corrected chi connectivity index (χ1v) is 6.71. The smallest absolute Gasteiger partial charge is 0.323 e. The van der Waals surface area contributed by atoms with Crippen LogP contribution in [0.25, 0.3) is 0 Å². The van der Waals surface area contributed by atoms with E-state index in [4.69, 9.17) is 5.73 Å². The Balaban J connectivity index is 2.09. The molecule has 9 heteroatoms. The molecule has 5 nitrogen and oxygen atoms in total. The van der Waals surface area contributed by atoms with Crippen molar-refractivity contribution in [2.24, 2.45) is 5.73 Å². The molecule has 0 aliphatic heterocycles. The Kier molecular flexibility index (Phi) is 4.24. The number of pyridine rings is 1. The summed E-state index contributed by atoms with van der Waals surface area (Å²) in [7, 11) is 0. The van der Waals surface area contributed by atoms with Gasteiger partial charge in [-0.05, 0) is 19.1 Å². The van der Waals surface area contributed by atoms with E-state index < -0.39 is 17.6 Å². The molecule has 0 radical (unpaired) electrons. The number of thiazole rings is 1. The minimum Gasteiger partial charge on any atom is -0.323 e. The average molecular weight is 316 g/mol. The lowest BCUT2D eigenvalue weighted by Crippen LogP contribution is -2.15. The molecule has 0 aliphatic rings. The fraction of sp³-hybridized carbons (Fsp3) is 0.250. The lowest BCUT2D eigenvalue weighted by atomic mass is 10.2. The van der Waals surface area contributed by atoms with Gasteiger partial charge in [-0.2, -0.15) is 13.2 Å². The first-order chi connectivity index (χ1) is 9.77. The lowest BCUT2D eigenvalue weighted by molar-refractivity contribution is -0.137. The number of aromatic nitrogens is 2. The zero-order valence-corrected chi connectivity index (χ0v) is 11.6. The third kappa shape index (κ3) is 3.76. The molecule has 0 saturated heterocycles. The monoisotopic (exact) mass is 316 g/mol. The molecule has 0 aliphatic carbocycles. The summed E-state index contributed by atoms with van der Waals surface area (Å²) in [5, 5.41) is 4.47. The number of amides is 1. The maximum atomic E-state index is 12.4. The van der Waals surface area contributed by atoms with Gasteiger partial charge in [0.25, 0.3) is 5.91 Å². The van der Waals surface area contributed by atoms with Crippen molar-refractivity contribution in [2.45, 2.75) is 19.1 Å². The minimum absolute atomic E-state index is 0.124. The van der Waals surface area contributed by atoms with Crippen LogP contribution in [0.15, 0.2) is 23.7 Å². The summed E-state index contributed by atoms with van der Waals surface area (Å²) >= 11 is 1.18. The van der Waals surface area contributed by atoms with Gasteiger partial charge < -0.3 is 5.73 Å². The number of halogens is 3. The second-order valence-corrected chi connectivity index (χ2v) is 5.11. The van der Waals surface area contributed by atoms with Crippen LogP contribution in [-0.4, -0.2) is 15.9 Å². The largest absolute Gasteiger partial charge is 0.417 e. The summed E-state index contributed by atoms with van der Waals surface area (Å²) in [6.07, 6.45) is -3.87. The molecule has 0 bridgehead atoms. The number of carbonyl (C=O) groups is 1. The predicted octanol–water partition coefficient (Wildman–Crippen LogP) is 2.83. The maximum Gasteiger partial charge on any atom is 0.417 e. The summed E-state index contributed by atoms with van der Waals surface area (Å²) < 4.78 is 37.2. The van der Waals surface area contributed by atoms with Gasteiger partial charge in [0.15, 0.2) is 5.13 Å². The zero-order valence-electron chi connectivity index (χ0n) is 10.8. The average Bonchev–Trinajstić information content (AvgIpc) is 2.86. The molecule has 0 saturated carbocycles. The molecule has 21 heavy (non-hydrogen) atoms. The van der Waals surface area contributed by atoms with Gasteiger partial charge in [-0.1, -0.05) is 0 Å². The van der Waals surface area contributed by atoms with Gasteiger partial charge in [-0.15, -0.1) is 11.3 Å². The normalized spacial score (nSPS) is 13.0. The van der Waals surface area contributed by atoms with E-state index in [0.717, 1.165) is 12.1 Å². The van der Waals surface area contributed by atoms with Crippen LogP contribution < -0.4 is 11.1 Å². The van der Waals surface area contributed by atoms with Gasteiger partial charge >= 0.3 is 6.18 Å². The van der Waals surface area contributed by atoms with Crippen molar-refractivity contribution < 1.29 is 18.0 Å². The maximum absolute atomic E-state index is 12.4. The number of nitrogens with one attached hydrogen (secondary N) is 1. The van der Waals surface area contributed by atoms with Crippen LogP contribution in [0.3, 0.4) is 0 Å². The second kappa shape index (κ2) is 5.78. The van der Waals surface area contributed by atoms with E-state index in [1.807, 2.05) is 0 Å². The number of alkyl halides is 3. The third-order valence-electron chi connectivity index (χ3n) is 2.53. The summed E-state index contributed by atoms with van der Waals surface area (Å²) in [6.45, 7) is 1.75. The first-order valence-electron chi connectivity index (χ1n) is 5.83. The molecular weight excluding hydrogens is 305 g/mol. The van der Waals surface area contributed by atoms with Crippen LogP contribution in [0.2, 0.25) is 0 Å². The molecule has 1 atom stereocenters. The Labute approximate surface area is 122 Å². The van der Waals surface area contributed by atoms with E-state index in [1.54, 1.807) is 12.3 Å². The number of nitrogens with zero attached hydrogens (tertiary/aromatic N) is 2. The van der Waals surface area contributed by atoms with Gasteiger partial charge in [-0.25, -0.2) is 4.98 Å². The van der Waals surface area contributed by atoms with Crippen molar-refractivity contribution in [3.63, 3.8) is 0 Å². The van der Waals surface area contributed by atoms with Crippen molar-refractivity contribution in [2.75, 3.05) is 5.32 Å². The Hall–Kier alpha value is -2.00.